The van der Waals surface area contributed by atoms with Crippen molar-refractivity contribution in [2.75, 3.05) is 6.61 Å². The van der Waals surface area contributed by atoms with E-state index in [9.17, 15) is 4.79 Å². The average molecular weight is 423 g/mol. The fourth-order valence-electron chi connectivity index (χ4n) is 3.57. The second kappa shape index (κ2) is 8.53. The fraction of sp³-hybridized carbons (Fsp3) is 0.600. The third-order valence-electron chi connectivity index (χ3n) is 4.95. The lowest BCUT2D eigenvalue weighted by atomic mass is 9.95. The maximum Gasteiger partial charge on any atom is 0.297 e. The van der Waals surface area contributed by atoms with Crippen LogP contribution in [0.5, 0.6) is 6.01 Å². The molecule has 0 unspecified atom stereocenters. The monoisotopic (exact) mass is 422 g/mol. The lowest BCUT2D eigenvalue weighted by molar-refractivity contribution is -0.118. The van der Waals surface area contributed by atoms with E-state index >= 15 is 0 Å². The maximum absolute atomic E-state index is 11.2. The second-order valence-electron chi connectivity index (χ2n) is 7.45. The molecule has 1 aromatic heterocycles. The van der Waals surface area contributed by atoms with Gasteiger partial charge in [-0.05, 0) is 56.7 Å². The van der Waals surface area contributed by atoms with E-state index < -0.39 is 0 Å². The summed E-state index contributed by atoms with van der Waals surface area (Å²) in [4.78, 5) is 15.8. The van der Waals surface area contributed by atoms with Gasteiger partial charge in [-0.1, -0.05) is 22.9 Å². The third-order valence-corrected chi connectivity index (χ3v) is 5.44. The number of hydrogen-bond acceptors (Lipinski definition) is 4. The number of aryl methyl sites for hydroxylation is 1. The number of halogens is 1. The summed E-state index contributed by atoms with van der Waals surface area (Å²) in [7, 11) is 1.99. The van der Waals surface area contributed by atoms with Crippen molar-refractivity contribution in [3.63, 3.8) is 0 Å². The number of carbonyl (C=O) groups is 1. The van der Waals surface area contributed by atoms with Crippen LogP contribution < -0.4 is 4.74 Å². The van der Waals surface area contributed by atoms with Gasteiger partial charge >= 0.3 is 0 Å². The Balaban J connectivity index is 1.50. The molecule has 6 heteroatoms. The molecule has 142 valence electrons. The number of nitrogens with zero attached hydrogens (tertiary/aromatic N) is 2. The zero-order valence-electron chi connectivity index (χ0n) is 15.7. The topological polar surface area (TPSA) is 53.4 Å². The molecule has 0 amide bonds. The first-order chi connectivity index (χ1) is 12.4. The predicted molar refractivity (Wildman–Crippen MR) is 106 cm³/mol. The Hall–Kier alpha value is -1.40. The molecular weight excluding hydrogens is 396 g/mol. The number of imidazole rings is 1. The Bertz CT molecular complexity index is 766. The van der Waals surface area contributed by atoms with Crippen LogP contribution in [0.25, 0.3) is 11.0 Å². The number of Topliss-reactive ketones (excluding diaryl/α,β-unsaturated/α-hetero) is 1. The van der Waals surface area contributed by atoms with Crippen molar-refractivity contribution in [3.05, 3.63) is 22.7 Å². The third kappa shape index (κ3) is 4.86. The highest BCUT2D eigenvalue weighted by Crippen LogP contribution is 2.28. The van der Waals surface area contributed by atoms with Crippen molar-refractivity contribution in [1.29, 1.82) is 0 Å². The smallest absolute Gasteiger partial charge is 0.297 e. The minimum Gasteiger partial charge on any atom is -0.461 e. The summed E-state index contributed by atoms with van der Waals surface area (Å²) in [5.41, 5.74) is 2.01. The Morgan fingerprint density at radius 3 is 2.69 bits per heavy atom. The first-order valence-electron chi connectivity index (χ1n) is 9.32. The van der Waals surface area contributed by atoms with Gasteiger partial charge in [0.15, 0.2) is 0 Å². The lowest BCUT2D eigenvalue weighted by Crippen LogP contribution is -2.30. The molecule has 2 aromatic rings. The van der Waals surface area contributed by atoms with Crippen LogP contribution >= 0.6 is 15.9 Å². The summed E-state index contributed by atoms with van der Waals surface area (Å²) in [6, 6.07) is 6.75. The van der Waals surface area contributed by atoms with Crippen LogP contribution in [0, 0.1) is 5.92 Å². The Kier molecular flexibility index (Phi) is 6.35. The van der Waals surface area contributed by atoms with Crippen molar-refractivity contribution in [1.82, 2.24) is 9.55 Å². The molecule has 0 radical (unpaired) electrons. The van der Waals surface area contributed by atoms with Crippen molar-refractivity contribution in [2.45, 2.75) is 58.2 Å². The Morgan fingerprint density at radius 1 is 1.31 bits per heavy atom. The predicted octanol–water partition coefficient (Wildman–Crippen LogP) is 4.66. The fourth-order valence-corrected chi connectivity index (χ4v) is 3.92. The summed E-state index contributed by atoms with van der Waals surface area (Å²) in [6.07, 6.45) is 4.99. The number of benzene rings is 1. The van der Waals surface area contributed by atoms with Crippen LogP contribution in [-0.4, -0.2) is 34.1 Å². The summed E-state index contributed by atoms with van der Waals surface area (Å²) < 4.78 is 15.2. The summed E-state index contributed by atoms with van der Waals surface area (Å²) in [5.74, 6) is 0.522. The Labute approximate surface area is 163 Å². The van der Waals surface area contributed by atoms with Crippen LogP contribution in [0.2, 0.25) is 0 Å². The number of ketones is 1. The van der Waals surface area contributed by atoms with Gasteiger partial charge in [0.1, 0.15) is 11.9 Å². The van der Waals surface area contributed by atoms with Gasteiger partial charge in [0.25, 0.3) is 6.01 Å². The highest BCUT2D eigenvalue weighted by atomic mass is 79.9. The standard InChI is InChI=1S/C20H27BrN2O3/c1-13(10-14(2)24)12-25-16-5-7-17(8-6-16)26-20-22-18-11-15(21)4-9-19(18)23(20)3/h4,9,11,13,16-17H,5-8,10,12H2,1-3H3/t13-,16?,17?/m1/s1. The van der Waals surface area contributed by atoms with Crippen molar-refractivity contribution >= 4 is 32.7 Å². The minimum atomic E-state index is 0.184. The second-order valence-corrected chi connectivity index (χ2v) is 8.36. The molecule has 0 N–H and O–H groups in total. The molecule has 0 bridgehead atoms. The number of hydrogen-bond donors (Lipinski definition) is 0. The molecule has 1 atom stereocenters. The van der Waals surface area contributed by atoms with Crippen LogP contribution in [0.4, 0.5) is 0 Å². The van der Waals surface area contributed by atoms with Gasteiger partial charge in [0.2, 0.25) is 0 Å². The van der Waals surface area contributed by atoms with Crippen LogP contribution in [0.1, 0.15) is 46.0 Å². The normalized spacial score (nSPS) is 21.7. The number of rotatable bonds is 7. The average Bonchev–Trinajstić information content (AvgIpc) is 2.89. The zero-order chi connectivity index (χ0) is 18.7. The van der Waals surface area contributed by atoms with Gasteiger partial charge < -0.3 is 14.3 Å². The first-order valence-corrected chi connectivity index (χ1v) is 10.1. The van der Waals surface area contributed by atoms with Gasteiger partial charge in [-0.25, -0.2) is 0 Å². The molecular formula is C20H27BrN2O3. The number of carbonyl (C=O) groups excluding carboxylic acids is 1. The van der Waals surface area contributed by atoms with Gasteiger partial charge in [-0.3, -0.25) is 4.57 Å². The van der Waals surface area contributed by atoms with Crippen molar-refractivity contribution < 1.29 is 14.3 Å². The molecule has 1 aromatic carbocycles. The highest BCUT2D eigenvalue weighted by Gasteiger charge is 2.25. The zero-order valence-corrected chi connectivity index (χ0v) is 17.3. The molecule has 1 saturated carbocycles. The number of ether oxygens (including phenoxy) is 2. The summed E-state index contributed by atoms with van der Waals surface area (Å²) in [6.45, 7) is 4.37. The molecule has 1 aliphatic rings. The van der Waals surface area contributed by atoms with Crippen LogP contribution in [0.3, 0.4) is 0 Å². The van der Waals surface area contributed by atoms with E-state index in [0.29, 0.717) is 25.0 Å². The molecule has 1 aliphatic carbocycles. The highest BCUT2D eigenvalue weighted by molar-refractivity contribution is 9.10. The van der Waals surface area contributed by atoms with Crippen LogP contribution in [-0.2, 0) is 16.6 Å². The van der Waals surface area contributed by atoms with Crippen molar-refractivity contribution in [3.8, 4) is 6.01 Å². The minimum absolute atomic E-state index is 0.184. The van der Waals surface area contributed by atoms with E-state index in [1.807, 2.05) is 29.8 Å². The molecule has 26 heavy (non-hydrogen) atoms. The number of fused-ring (bicyclic) bond motifs is 1. The van der Waals surface area contributed by atoms with E-state index in [4.69, 9.17) is 9.47 Å². The molecule has 0 spiro atoms. The molecule has 0 aliphatic heterocycles. The van der Waals surface area contributed by atoms with E-state index in [2.05, 4.69) is 27.8 Å². The van der Waals surface area contributed by atoms with E-state index in [1.54, 1.807) is 6.92 Å². The van der Waals surface area contributed by atoms with Gasteiger partial charge in [0, 0.05) is 24.5 Å². The summed E-state index contributed by atoms with van der Waals surface area (Å²) >= 11 is 3.49. The largest absolute Gasteiger partial charge is 0.461 e. The molecule has 5 nitrogen and oxygen atoms in total. The van der Waals surface area contributed by atoms with E-state index in [-0.39, 0.29) is 18.0 Å². The van der Waals surface area contributed by atoms with Gasteiger partial charge in [-0.15, -0.1) is 0 Å². The number of aromatic nitrogens is 2. The first kappa shape index (κ1) is 19.4. The van der Waals surface area contributed by atoms with E-state index in [0.717, 1.165) is 41.2 Å². The maximum atomic E-state index is 11.2. The lowest BCUT2D eigenvalue weighted by Gasteiger charge is -2.29. The summed E-state index contributed by atoms with van der Waals surface area (Å²) in [5, 5.41) is 0. The molecule has 3 rings (SSSR count). The van der Waals surface area contributed by atoms with Crippen molar-refractivity contribution in [2.24, 2.45) is 13.0 Å². The SMILES string of the molecule is CC(=O)C[C@@H](C)COC1CCC(Oc2nc3cc(Br)ccc3n2C)CC1. The molecule has 1 heterocycles. The van der Waals surface area contributed by atoms with E-state index in [1.165, 1.54) is 0 Å². The molecule has 1 fully saturated rings. The molecule has 0 saturated heterocycles. The quantitative estimate of drug-likeness (QED) is 0.650. The van der Waals surface area contributed by atoms with Crippen LogP contribution in [0.15, 0.2) is 22.7 Å². The Morgan fingerprint density at radius 2 is 2.00 bits per heavy atom. The van der Waals surface area contributed by atoms with Gasteiger partial charge in [0.05, 0.1) is 17.1 Å². The van der Waals surface area contributed by atoms with Gasteiger partial charge in [-0.2, -0.15) is 4.98 Å².